The number of nitrogens with one attached hydrogen (secondary N) is 2. The highest BCUT2D eigenvalue weighted by atomic mass is 79.9. The van der Waals surface area contributed by atoms with Gasteiger partial charge in [0.2, 0.25) is 11.8 Å². The topological polar surface area (TPSA) is 58.2 Å². The number of carbonyl (C=O) groups excluding carboxylic acids is 2. The van der Waals surface area contributed by atoms with Gasteiger partial charge in [-0.1, -0.05) is 59.3 Å². The second-order valence-electron chi connectivity index (χ2n) is 6.77. The number of rotatable bonds is 8. The first-order valence-corrected chi connectivity index (χ1v) is 11.6. The van der Waals surface area contributed by atoms with E-state index in [1.54, 1.807) is 6.08 Å². The normalized spacial score (nSPS) is 11.8. The van der Waals surface area contributed by atoms with Crippen LogP contribution in [0.4, 0.5) is 11.4 Å². The maximum absolute atomic E-state index is 12.7. The van der Waals surface area contributed by atoms with Gasteiger partial charge in [-0.25, -0.2) is 0 Å². The molecule has 158 valence electrons. The van der Waals surface area contributed by atoms with Gasteiger partial charge in [-0.15, -0.1) is 11.8 Å². The first-order chi connectivity index (χ1) is 15.0. The standard InChI is InChI=1S/C25H23BrN2O2S/c1-2-23(25(30)28-20-14-12-19(26)13-15-20)31-22-10-6-9-21(17-22)27-24(29)16-11-18-7-4-3-5-8-18/h3-17,23H,2H2,1H3,(H,27,29)(H,28,30)/b16-11+. The first kappa shape index (κ1) is 22.8. The predicted molar refractivity (Wildman–Crippen MR) is 133 cm³/mol. The molecular formula is C25H23BrN2O2S. The monoisotopic (exact) mass is 494 g/mol. The molecule has 6 heteroatoms. The summed E-state index contributed by atoms with van der Waals surface area (Å²) in [4.78, 5) is 25.9. The summed E-state index contributed by atoms with van der Waals surface area (Å²) < 4.78 is 0.962. The molecule has 4 nitrogen and oxygen atoms in total. The van der Waals surface area contributed by atoms with Crippen molar-refractivity contribution >= 4 is 57.0 Å². The molecule has 3 aromatic rings. The van der Waals surface area contributed by atoms with E-state index in [2.05, 4.69) is 26.6 Å². The van der Waals surface area contributed by atoms with E-state index in [0.717, 1.165) is 20.6 Å². The summed E-state index contributed by atoms with van der Waals surface area (Å²) in [6.07, 6.45) is 3.96. The second kappa shape index (κ2) is 11.5. The molecule has 1 atom stereocenters. The smallest absolute Gasteiger partial charge is 0.248 e. The minimum atomic E-state index is -0.243. The minimum absolute atomic E-state index is 0.0462. The van der Waals surface area contributed by atoms with Crippen LogP contribution in [0.2, 0.25) is 0 Å². The molecule has 0 aliphatic heterocycles. The van der Waals surface area contributed by atoms with Crippen molar-refractivity contribution in [1.29, 1.82) is 0 Å². The lowest BCUT2D eigenvalue weighted by Crippen LogP contribution is -2.24. The van der Waals surface area contributed by atoms with E-state index in [4.69, 9.17) is 0 Å². The van der Waals surface area contributed by atoms with Gasteiger partial charge < -0.3 is 10.6 Å². The molecule has 0 aliphatic rings. The fourth-order valence-corrected chi connectivity index (χ4v) is 4.09. The van der Waals surface area contributed by atoms with E-state index >= 15 is 0 Å². The van der Waals surface area contributed by atoms with Crippen LogP contribution in [0, 0.1) is 0 Å². The SMILES string of the molecule is CCC(Sc1cccc(NC(=O)/C=C/c2ccccc2)c1)C(=O)Nc1ccc(Br)cc1. The van der Waals surface area contributed by atoms with Crippen LogP contribution in [-0.4, -0.2) is 17.1 Å². The summed E-state index contributed by atoms with van der Waals surface area (Å²) in [5.41, 5.74) is 2.42. The van der Waals surface area contributed by atoms with Gasteiger partial charge in [0, 0.05) is 26.8 Å². The van der Waals surface area contributed by atoms with E-state index in [1.165, 1.54) is 17.8 Å². The Labute approximate surface area is 195 Å². The van der Waals surface area contributed by atoms with Crippen molar-refractivity contribution in [3.63, 3.8) is 0 Å². The van der Waals surface area contributed by atoms with Gasteiger partial charge in [0.15, 0.2) is 0 Å². The number of hydrogen-bond acceptors (Lipinski definition) is 3. The number of halogens is 1. The summed E-state index contributed by atoms with van der Waals surface area (Å²) in [6, 6.07) is 24.7. The van der Waals surface area contributed by atoms with Gasteiger partial charge in [0.1, 0.15) is 0 Å². The van der Waals surface area contributed by atoms with E-state index in [0.29, 0.717) is 12.1 Å². The van der Waals surface area contributed by atoms with Crippen LogP contribution >= 0.6 is 27.7 Å². The maximum Gasteiger partial charge on any atom is 0.248 e. The van der Waals surface area contributed by atoms with Crippen molar-refractivity contribution in [2.75, 3.05) is 10.6 Å². The lowest BCUT2D eigenvalue weighted by molar-refractivity contribution is -0.115. The van der Waals surface area contributed by atoms with Crippen molar-refractivity contribution in [1.82, 2.24) is 0 Å². The molecule has 0 aromatic heterocycles. The Hall–Kier alpha value is -2.83. The average Bonchev–Trinajstić information content (AvgIpc) is 2.78. The van der Waals surface area contributed by atoms with Gasteiger partial charge in [0.05, 0.1) is 5.25 Å². The fourth-order valence-electron chi connectivity index (χ4n) is 2.81. The summed E-state index contributed by atoms with van der Waals surface area (Å²) >= 11 is 4.87. The lowest BCUT2D eigenvalue weighted by Gasteiger charge is -2.15. The molecule has 0 heterocycles. The van der Waals surface area contributed by atoms with Crippen molar-refractivity contribution < 1.29 is 9.59 Å². The zero-order valence-corrected chi connectivity index (χ0v) is 19.4. The Kier molecular flexibility index (Phi) is 8.50. The Morgan fingerprint density at radius 2 is 1.68 bits per heavy atom. The summed E-state index contributed by atoms with van der Waals surface area (Å²) in [5.74, 6) is -0.249. The number of amides is 2. The highest BCUT2D eigenvalue weighted by Crippen LogP contribution is 2.28. The van der Waals surface area contributed by atoms with Crippen LogP contribution in [-0.2, 0) is 9.59 Å². The number of carbonyl (C=O) groups is 2. The highest BCUT2D eigenvalue weighted by molar-refractivity contribution is 9.10. The molecule has 0 radical (unpaired) electrons. The zero-order chi connectivity index (χ0) is 22.1. The molecule has 0 saturated heterocycles. The van der Waals surface area contributed by atoms with Gasteiger partial charge in [-0.05, 0) is 60.5 Å². The van der Waals surface area contributed by atoms with E-state index < -0.39 is 0 Å². The zero-order valence-electron chi connectivity index (χ0n) is 17.0. The third-order valence-electron chi connectivity index (χ3n) is 4.38. The molecule has 1 unspecified atom stereocenters. The largest absolute Gasteiger partial charge is 0.325 e. The van der Waals surface area contributed by atoms with E-state index in [-0.39, 0.29) is 17.1 Å². The predicted octanol–water partition coefficient (Wildman–Crippen LogP) is 6.61. The Morgan fingerprint density at radius 3 is 2.39 bits per heavy atom. The molecule has 0 fully saturated rings. The lowest BCUT2D eigenvalue weighted by atomic mass is 10.2. The molecule has 0 saturated carbocycles. The molecule has 0 aliphatic carbocycles. The highest BCUT2D eigenvalue weighted by Gasteiger charge is 2.18. The fraction of sp³-hybridized carbons (Fsp3) is 0.120. The Balaban J connectivity index is 1.60. The van der Waals surface area contributed by atoms with E-state index in [9.17, 15) is 9.59 Å². The summed E-state index contributed by atoms with van der Waals surface area (Å²) in [6.45, 7) is 1.98. The van der Waals surface area contributed by atoms with Crippen molar-refractivity contribution in [3.05, 3.63) is 95.0 Å². The Morgan fingerprint density at radius 1 is 0.935 bits per heavy atom. The molecule has 2 N–H and O–H groups in total. The molecular weight excluding hydrogens is 472 g/mol. The number of thioether (sulfide) groups is 1. The third-order valence-corrected chi connectivity index (χ3v) is 6.27. The van der Waals surface area contributed by atoms with Gasteiger partial charge in [-0.3, -0.25) is 9.59 Å². The Bertz CT molecular complexity index is 1050. The van der Waals surface area contributed by atoms with Crippen molar-refractivity contribution in [2.24, 2.45) is 0 Å². The van der Waals surface area contributed by atoms with Crippen molar-refractivity contribution in [3.8, 4) is 0 Å². The summed E-state index contributed by atoms with van der Waals surface area (Å²) in [5, 5.41) is 5.59. The van der Waals surface area contributed by atoms with Crippen LogP contribution in [0.15, 0.2) is 94.3 Å². The molecule has 0 bridgehead atoms. The van der Waals surface area contributed by atoms with Crippen LogP contribution < -0.4 is 10.6 Å². The number of anilines is 2. The average molecular weight is 495 g/mol. The second-order valence-corrected chi connectivity index (χ2v) is 8.96. The first-order valence-electron chi connectivity index (χ1n) is 9.91. The third kappa shape index (κ3) is 7.42. The molecule has 3 rings (SSSR count). The maximum atomic E-state index is 12.7. The molecule has 31 heavy (non-hydrogen) atoms. The summed E-state index contributed by atoms with van der Waals surface area (Å²) in [7, 11) is 0. The molecule has 0 spiro atoms. The van der Waals surface area contributed by atoms with Crippen LogP contribution in [0.1, 0.15) is 18.9 Å². The number of benzene rings is 3. The minimum Gasteiger partial charge on any atom is -0.325 e. The van der Waals surface area contributed by atoms with Crippen LogP contribution in [0.3, 0.4) is 0 Å². The van der Waals surface area contributed by atoms with Crippen molar-refractivity contribution in [2.45, 2.75) is 23.5 Å². The quantitative estimate of drug-likeness (QED) is 0.273. The van der Waals surface area contributed by atoms with Crippen LogP contribution in [0.25, 0.3) is 6.08 Å². The number of hydrogen-bond donors (Lipinski definition) is 2. The van der Waals surface area contributed by atoms with Crippen LogP contribution in [0.5, 0.6) is 0 Å². The van der Waals surface area contributed by atoms with E-state index in [1.807, 2.05) is 85.8 Å². The van der Waals surface area contributed by atoms with Gasteiger partial charge >= 0.3 is 0 Å². The van der Waals surface area contributed by atoms with Gasteiger partial charge in [0.25, 0.3) is 0 Å². The molecule has 3 aromatic carbocycles. The molecule has 2 amide bonds. The van der Waals surface area contributed by atoms with Gasteiger partial charge in [-0.2, -0.15) is 0 Å².